The Bertz CT molecular complexity index is 267. The predicted molar refractivity (Wildman–Crippen MR) is 64.6 cm³/mol. The molecule has 0 aliphatic heterocycles. The van der Waals surface area contributed by atoms with Gasteiger partial charge in [-0.1, -0.05) is 43.2 Å². The van der Waals surface area contributed by atoms with Gasteiger partial charge in [-0.3, -0.25) is 0 Å². The maximum absolute atomic E-state index is 2.64. The van der Waals surface area contributed by atoms with E-state index in [-0.39, 0.29) is 9.68 Å². The van der Waals surface area contributed by atoms with Gasteiger partial charge in [-0.2, -0.15) is 0 Å². The van der Waals surface area contributed by atoms with Crippen LogP contribution in [0.5, 0.6) is 0 Å². The molecule has 2 rings (SSSR count). The lowest BCUT2D eigenvalue weighted by molar-refractivity contribution is 0.396. The molecule has 1 aliphatic carbocycles. The van der Waals surface area contributed by atoms with E-state index in [2.05, 4.69) is 41.9 Å². The van der Waals surface area contributed by atoms with Crippen LogP contribution in [0.15, 0.2) is 30.3 Å². The van der Waals surface area contributed by atoms with Crippen LogP contribution in [0.25, 0.3) is 0 Å². The summed E-state index contributed by atoms with van der Waals surface area (Å²) in [6.45, 7) is 0. The fraction of sp³-hybridized carbons (Fsp3) is 0.500. The summed E-state index contributed by atoms with van der Waals surface area (Å²) < 4.78 is 2.64. The molecule has 1 saturated carbocycles. The summed E-state index contributed by atoms with van der Waals surface area (Å²) in [6, 6.07) is 11.9. The highest BCUT2D eigenvalue weighted by Gasteiger charge is 2.19. The Morgan fingerprint density at radius 2 is 1.79 bits per heavy atom. The standard InChI is InChI=1S/C12H19NSi/c1-13(11-7-5-6-8-11)14-12-9-3-2-4-10-12/h2-4,9-11H,5-8,14H2,1H3. The summed E-state index contributed by atoms with van der Waals surface area (Å²) in [5.41, 5.74) is 0. The summed E-state index contributed by atoms with van der Waals surface area (Å²) in [4.78, 5) is 0. The third-order valence-corrected chi connectivity index (χ3v) is 5.07. The Labute approximate surface area is 89.0 Å². The van der Waals surface area contributed by atoms with E-state index in [1.165, 1.54) is 25.7 Å². The van der Waals surface area contributed by atoms with Gasteiger partial charge in [0.2, 0.25) is 0 Å². The molecule has 0 amide bonds. The lowest BCUT2D eigenvalue weighted by Gasteiger charge is -2.23. The second-order valence-electron chi connectivity index (χ2n) is 4.34. The monoisotopic (exact) mass is 205 g/mol. The highest BCUT2D eigenvalue weighted by atomic mass is 28.2. The van der Waals surface area contributed by atoms with E-state index >= 15 is 0 Å². The first kappa shape index (κ1) is 9.93. The molecule has 0 aromatic heterocycles. The van der Waals surface area contributed by atoms with Crippen molar-refractivity contribution in [3.8, 4) is 0 Å². The molecule has 0 saturated heterocycles. The van der Waals surface area contributed by atoms with Crippen LogP contribution in [0.1, 0.15) is 25.7 Å². The maximum Gasteiger partial charge on any atom is 0.127 e. The average molecular weight is 205 g/mol. The zero-order valence-electron chi connectivity index (χ0n) is 8.95. The van der Waals surface area contributed by atoms with Crippen LogP contribution >= 0.6 is 0 Å². The molecule has 76 valence electrons. The van der Waals surface area contributed by atoms with Crippen molar-refractivity contribution in [2.45, 2.75) is 31.7 Å². The molecule has 0 N–H and O–H groups in total. The second kappa shape index (κ2) is 4.76. The fourth-order valence-electron chi connectivity index (χ4n) is 2.35. The van der Waals surface area contributed by atoms with Crippen LogP contribution in [0.4, 0.5) is 0 Å². The van der Waals surface area contributed by atoms with Crippen LogP contribution in [-0.2, 0) is 0 Å². The minimum atomic E-state index is -0.183. The lowest BCUT2D eigenvalue weighted by Crippen LogP contribution is -2.38. The van der Waals surface area contributed by atoms with Crippen molar-refractivity contribution < 1.29 is 0 Å². The maximum atomic E-state index is 2.64. The SMILES string of the molecule is CN([SiH2]c1ccccc1)C1CCCC1. The molecule has 0 bridgehead atoms. The van der Waals surface area contributed by atoms with Gasteiger partial charge in [0.1, 0.15) is 9.68 Å². The molecule has 1 nitrogen and oxygen atoms in total. The van der Waals surface area contributed by atoms with Crippen molar-refractivity contribution in [1.29, 1.82) is 0 Å². The van der Waals surface area contributed by atoms with Crippen molar-refractivity contribution in [3.63, 3.8) is 0 Å². The average Bonchev–Trinajstić information content (AvgIpc) is 2.72. The van der Waals surface area contributed by atoms with E-state index in [1.807, 2.05) is 0 Å². The Morgan fingerprint density at radius 3 is 2.43 bits per heavy atom. The van der Waals surface area contributed by atoms with Gasteiger partial charge in [-0.25, -0.2) is 0 Å². The fourth-order valence-corrected chi connectivity index (χ4v) is 4.03. The lowest BCUT2D eigenvalue weighted by atomic mass is 10.3. The first-order valence-corrected chi connectivity index (χ1v) is 6.94. The van der Waals surface area contributed by atoms with Crippen molar-refractivity contribution in [2.75, 3.05) is 7.05 Å². The Kier molecular flexibility index (Phi) is 3.38. The van der Waals surface area contributed by atoms with Gasteiger partial charge in [0.05, 0.1) is 0 Å². The normalized spacial score (nSPS) is 18.7. The van der Waals surface area contributed by atoms with Gasteiger partial charge in [-0.05, 0) is 25.1 Å². The van der Waals surface area contributed by atoms with Crippen molar-refractivity contribution in [2.24, 2.45) is 0 Å². The molecular formula is C12H19NSi. The molecule has 0 heterocycles. The summed E-state index contributed by atoms with van der Waals surface area (Å²) in [7, 11) is 2.13. The Morgan fingerprint density at radius 1 is 1.14 bits per heavy atom. The van der Waals surface area contributed by atoms with Crippen LogP contribution in [0, 0.1) is 0 Å². The van der Waals surface area contributed by atoms with E-state index in [1.54, 1.807) is 5.19 Å². The third-order valence-electron chi connectivity index (χ3n) is 3.22. The quantitative estimate of drug-likeness (QED) is 0.672. The smallest absolute Gasteiger partial charge is 0.127 e. The zero-order chi connectivity index (χ0) is 9.80. The molecule has 14 heavy (non-hydrogen) atoms. The van der Waals surface area contributed by atoms with Gasteiger partial charge >= 0.3 is 0 Å². The third kappa shape index (κ3) is 2.46. The van der Waals surface area contributed by atoms with E-state index in [0.29, 0.717) is 0 Å². The van der Waals surface area contributed by atoms with Crippen LogP contribution < -0.4 is 5.19 Å². The molecule has 1 aromatic carbocycles. The molecular weight excluding hydrogens is 186 g/mol. The number of rotatable bonds is 3. The molecule has 0 atom stereocenters. The van der Waals surface area contributed by atoms with Crippen LogP contribution in [0.3, 0.4) is 0 Å². The Balaban J connectivity index is 1.90. The summed E-state index contributed by atoms with van der Waals surface area (Å²) in [5, 5.41) is 1.57. The van der Waals surface area contributed by atoms with Gasteiger partial charge in [0, 0.05) is 6.04 Å². The number of benzene rings is 1. The van der Waals surface area contributed by atoms with Gasteiger partial charge in [0.15, 0.2) is 0 Å². The van der Waals surface area contributed by atoms with E-state index < -0.39 is 0 Å². The van der Waals surface area contributed by atoms with Crippen molar-refractivity contribution in [1.82, 2.24) is 4.57 Å². The molecule has 0 radical (unpaired) electrons. The Hall–Kier alpha value is -0.603. The number of nitrogens with zero attached hydrogens (tertiary/aromatic N) is 1. The molecule has 0 unspecified atom stereocenters. The molecule has 0 spiro atoms. The van der Waals surface area contributed by atoms with Crippen molar-refractivity contribution in [3.05, 3.63) is 30.3 Å². The molecule has 1 aliphatic rings. The predicted octanol–water partition coefficient (Wildman–Crippen LogP) is 1.27. The second-order valence-corrected chi connectivity index (χ2v) is 6.47. The highest BCUT2D eigenvalue weighted by molar-refractivity contribution is 6.50. The number of hydrogen-bond donors (Lipinski definition) is 0. The summed E-state index contributed by atoms with van der Waals surface area (Å²) in [5.74, 6) is 0. The highest BCUT2D eigenvalue weighted by Crippen LogP contribution is 2.21. The minimum Gasteiger partial charge on any atom is -0.325 e. The van der Waals surface area contributed by atoms with Crippen LogP contribution in [0.2, 0.25) is 0 Å². The van der Waals surface area contributed by atoms with Gasteiger partial charge in [-0.15, -0.1) is 0 Å². The van der Waals surface area contributed by atoms with Gasteiger partial charge < -0.3 is 4.57 Å². The first-order chi connectivity index (χ1) is 6.86. The molecule has 1 fully saturated rings. The zero-order valence-corrected chi connectivity index (χ0v) is 10.4. The molecule has 1 aromatic rings. The van der Waals surface area contributed by atoms with Crippen LogP contribution in [-0.4, -0.2) is 27.3 Å². The largest absolute Gasteiger partial charge is 0.325 e. The van der Waals surface area contributed by atoms with E-state index in [4.69, 9.17) is 0 Å². The first-order valence-electron chi connectivity index (χ1n) is 5.60. The minimum absolute atomic E-state index is 0.183. The topological polar surface area (TPSA) is 3.24 Å². The van der Waals surface area contributed by atoms with E-state index in [9.17, 15) is 0 Å². The molecule has 2 heteroatoms. The van der Waals surface area contributed by atoms with Gasteiger partial charge in [0.25, 0.3) is 0 Å². The summed E-state index contributed by atoms with van der Waals surface area (Å²) in [6.07, 6.45) is 5.74. The summed E-state index contributed by atoms with van der Waals surface area (Å²) >= 11 is 0. The number of hydrogen-bond acceptors (Lipinski definition) is 1. The van der Waals surface area contributed by atoms with E-state index in [0.717, 1.165) is 6.04 Å². The van der Waals surface area contributed by atoms with Crippen molar-refractivity contribution >= 4 is 14.9 Å².